The third kappa shape index (κ3) is 2.70. The van der Waals surface area contributed by atoms with Crippen LogP contribution in [-0.2, 0) is 4.74 Å². The predicted molar refractivity (Wildman–Crippen MR) is 89.6 cm³/mol. The summed E-state index contributed by atoms with van der Waals surface area (Å²) >= 11 is 0.998. The van der Waals surface area contributed by atoms with Crippen molar-refractivity contribution < 1.29 is 14.3 Å². The highest BCUT2D eigenvalue weighted by Gasteiger charge is 2.24. The lowest BCUT2D eigenvalue weighted by atomic mass is 10.1. The Bertz CT molecular complexity index is 941. The van der Waals surface area contributed by atoms with Crippen molar-refractivity contribution in [2.75, 3.05) is 18.1 Å². The number of hydrogen-bond acceptors (Lipinski definition) is 9. The van der Waals surface area contributed by atoms with Gasteiger partial charge < -0.3 is 21.5 Å². The van der Waals surface area contributed by atoms with Crippen LogP contribution >= 0.6 is 11.3 Å². The Hall–Kier alpha value is -3.27. The average molecular weight is 344 g/mol. The van der Waals surface area contributed by atoms with E-state index in [0.29, 0.717) is 21.9 Å². The SMILES string of the molecule is CNc1nc(-c2ccncc2)c2c(N)c(C(=O)OC(N)=O)sc2n1. The van der Waals surface area contributed by atoms with Crippen LogP contribution in [0.25, 0.3) is 21.5 Å². The van der Waals surface area contributed by atoms with Crippen molar-refractivity contribution >= 4 is 45.3 Å². The number of carbonyl (C=O) groups is 2. The minimum atomic E-state index is -1.20. The summed E-state index contributed by atoms with van der Waals surface area (Å²) in [4.78, 5) is 36.0. The molecule has 3 aromatic rings. The topological polar surface area (TPSA) is 146 Å². The number of anilines is 2. The van der Waals surface area contributed by atoms with E-state index in [-0.39, 0.29) is 10.6 Å². The van der Waals surface area contributed by atoms with Crippen LogP contribution in [0.15, 0.2) is 24.5 Å². The van der Waals surface area contributed by atoms with E-state index in [2.05, 4.69) is 25.0 Å². The summed E-state index contributed by atoms with van der Waals surface area (Å²) in [5.41, 5.74) is 12.4. The van der Waals surface area contributed by atoms with E-state index >= 15 is 0 Å². The maximum atomic E-state index is 12.0. The molecule has 10 heteroatoms. The number of nitrogen functional groups attached to an aromatic ring is 1. The van der Waals surface area contributed by atoms with E-state index in [1.165, 1.54) is 0 Å². The van der Waals surface area contributed by atoms with Gasteiger partial charge in [0.1, 0.15) is 9.71 Å². The molecular formula is C14H12N6O3S. The normalized spacial score (nSPS) is 10.5. The van der Waals surface area contributed by atoms with Gasteiger partial charge in [-0.15, -0.1) is 11.3 Å². The zero-order valence-corrected chi connectivity index (χ0v) is 13.3. The summed E-state index contributed by atoms with van der Waals surface area (Å²) in [5.74, 6) is -0.555. The Labute approximate surface area is 139 Å². The highest BCUT2D eigenvalue weighted by atomic mass is 32.1. The molecule has 0 atom stereocenters. The van der Waals surface area contributed by atoms with Gasteiger partial charge in [-0.25, -0.2) is 19.6 Å². The van der Waals surface area contributed by atoms with Crippen molar-refractivity contribution in [1.82, 2.24) is 15.0 Å². The van der Waals surface area contributed by atoms with Gasteiger partial charge in [-0.1, -0.05) is 0 Å². The number of nitrogens with two attached hydrogens (primary N) is 2. The Kier molecular flexibility index (Phi) is 3.96. The molecule has 0 fully saturated rings. The molecule has 0 aliphatic rings. The van der Waals surface area contributed by atoms with Crippen molar-refractivity contribution in [3.8, 4) is 11.3 Å². The Morgan fingerprint density at radius 3 is 2.58 bits per heavy atom. The van der Waals surface area contributed by atoms with E-state index in [4.69, 9.17) is 11.5 Å². The largest absolute Gasteiger partial charge is 0.412 e. The quantitative estimate of drug-likeness (QED) is 0.480. The molecule has 0 saturated heterocycles. The molecule has 0 spiro atoms. The first-order valence-corrected chi connectivity index (χ1v) is 7.52. The van der Waals surface area contributed by atoms with Gasteiger partial charge in [0.2, 0.25) is 5.95 Å². The van der Waals surface area contributed by atoms with Crippen LogP contribution in [-0.4, -0.2) is 34.1 Å². The number of thiophene rings is 1. The van der Waals surface area contributed by atoms with Gasteiger partial charge in [-0.3, -0.25) is 4.98 Å². The summed E-state index contributed by atoms with van der Waals surface area (Å²) in [6.07, 6.45) is 2.04. The minimum Gasteiger partial charge on any atom is -0.397 e. The second-order valence-electron chi connectivity index (χ2n) is 4.62. The summed E-state index contributed by atoms with van der Waals surface area (Å²) in [6.45, 7) is 0. The Balaban J connectivity index is 2.26. The van der Waals surface area contributed by atoms with Gasteiger partial charge in [0.15, 0.2) is 0 Å². The molecule has 3 heterocycles. The third-order valence-corrected chi connectivity index (χ3v) is 4.22. The molecular weight excluding hydrogens is 332 g/mol. The highest BCUT2D eigenvalue weighted by Crippen LogP contribution is 2.39. The maximum absolute atomic E-state index is 12.0. The van der Waals surface area contributed by atoms with Crippen LogP contribution in [0.3, 0.4) is 0 Å². The van der Waals surface area contributed by atoms with Gasteiger partial charge in [-0.05, 0) is 12.1 Å². The van der Waals surface area contributed by atoms with Crippen LogP contribution in [0.1, 0.15) is 9.67 Å². The van der Waals surface area contributed by atoms with Crippen molar-refractivity contribution in [2.24, 2.45) is 5.73 Å². The number of nitrogens with zero attached hydrogens (tertiary/aromatic N) is 3. The fourth-order valence-corrected chi connectivity index (χ4v) is 3.11. The van der Waals surface area contributed by atoms with Crippen LogP contribution in [0.5, 0.6) is 0 Å². The van der Waals surface area contributed by atoms with Crippen molar-refractivity contribution in [3.05, 3.63) is 29.4 Å². The van der Waals surface area contributed by atoms with E-state index in [1.54, 1.807) is 31.6 Å². The summed E-state index contributed by atoms with van der Waals surface area (Å²) in [6, 6.07) is 3.53. The Morgan fingerprint density at radius 2 is 1.96 bits per heavy atom. The molecule has 122 valence electrons. The smallest absolute Gasteiger partial charge is 0.397 e. The minimum absolute atomic E-state index is 0.0432. The van der Waals surface area contributed by atoms with Crippen molar-refractivity contribution in [2.45, 2.75) is 0 Å². The van der Waals surface area contributed by atoms with E-state index < -0.39 is 12.1 Å². The number of primary amides is 1. The number of nitrogens with one attached hydrogen (secondary N) is 1. The van der Waals surface area contributed by atoms with E-state index in [0.717, 1.165) is 16.9 Å². The van der Waals surface area contributed by atoms with Crippen LogP contribution in [0.4, 0.5) is 16.4 Å². The predicted octanol–water partition coefficient (Wildman–Crippen LogP) is 1.61. The molecule has 0 radical (unpaired) electrons. The summed E-state index contributed by atoms with van der Waals surface area (Å²) in [7, 11) is 1.68. The summed E-state index contributed by atoms with van der Waals surface area (Å²) in [5, 5.41) is 3.36. The molecule has 3 rings (SSSR count). The number of carbonyl (C=O) groups excluding carboxylic acids is 2. The molecule has 0 aromatic carbocycles. The van der Waals surface area contributed by atoms with Gasteiger partial charge in [0.05, 0.1) is 16.8 Å². The second-order valence-corrected chi connectivity index (χ2v) is 5.61. The molecule has 0 aliphatic heterocycles. The van der Waals surface area contributed by atoms with Crippen LogP contribution in [0, 0.1) is 0 Å². The lowest BCUT2D eigenvalue weighted by Gasteiger charge is -2.06. The molecule has 1 amide bonds. The number of amides is 1. The molecule has 24 heavy (non-hydrogen) atoms. The van der Waals surface area contributed by atoms with Gasteiger partial charge in [0, 0.05) is 25.0 Å². The molecule has 0 bridgehead atoms. The number of pyridine rings is 1. The molecule has 9 nitrogen and oxygen atoms in total. The maximum Gasteiger partial charge on any atom is 0.412 e. The van der Waals surface area contributed by atoms with E-state index in [1.807, 2.05) is 0 Å². The number of fused-ring (bicyclic) bond motifs is 1. The summed E-state index contributed by atoms with van der Waals surface area (Å²) < 4.78 is 4.41. The zero-order chi connectivity index (χ0) is 17.3. The number of ether oxygens (including phenoxy) is 1. The highest BCUT2D eigenvalue weighted by molar-refractivity contribution is 7.21. The molecule has 3 aromatic heterocycles. The van der Waals surface area contributed by atoms with Crippen LogP contribution < -0.4 is 16.8 Å². The number of hydrogen-bond donors (Lipinski definition) is 3. The number of rotatable bonds is 3. The van der Waals surface area contributed by atoms with Gasteiger partial charge >= 0.3 is 12.1 Å². The average Bonchev–Trinajstić information content (AvgIpc) is 2.91. The first-order chi connectivity index (χ1) is 11.5. The van der Waals surface area contributed by atoms with Crippen molar-refractivity contribution in [1.29, 1.82) is 0 Å². The lowest BCUT2D eigenvalue weighted by Crippen LogP contribution is -2.18. The second kappa shape index (κ2) is 6.08. The third-order valence-electron chi connectivity index (χ3n) is 3.14. The standard InChI is InChI=1S/C14H12N6O3S/c1-17-14-19-9(6-2-4-18-5-3-6)7-8(15)10(24-11(7)20-14)12(21)23-13(16)22/h2-5H,15H2,1H3,(H2,16,22)(H,17,19,20). The van der Waals surface area contributed by atoms with Gasteiger partial charge in [-0.2, -0.15) is 0 Å². The van der Waals surface area contributed by atoms with Crippen LogP contribution in [0.2, 0.25) is 0 Å². The monoisotopic (exact) mass is 344 g/mol. The fourth-order valence-electron chi connectivity index (χ4n) is 2.14. The number of aromatic nitrogens is 3. The first-order valence-electron chi connectivity index (χ1n) is 6.71. The zero-order valence-electron chi connectivity index (χ0n) is 12.4. The molecule has 0 aliphatic carbocycles. The molecule has 5 N–H and O–H groups in total. The number of esters is 1. The Morgan fingerprint density at radius 1 is 1.25 bits per heavy atom. The molecule has 0 unspecified atom stereocenters. The van der Waals surface area contributed by atoms with E-state index in [9.17, 15) is 9.59 Å². The van der Waals surface area contributed by atoms with Crippen molar-refractivity contribution in [3.63, 3.8) is 0 Å². The first kappa shape index (κ1) is 15.6. The molecule has 0 saturated carbocycles. The van der Waals surface area contributed by atoms with Gasteiger partial charge in [0.25, 0.3) is 0 Å². The fraction of sp³-hybridized carbons (Fsp3) is 0.0714. The lowest BCUT2D eigenvalue weighted by molar-refractivity contribution is 0.0644.